The minimum absolute atomic E-state index is 0.696. The summed E-state index contributed by atoms with van der Waals surface area (Å²) >= 11 is 0. The molecule has 0 aliphatic carbocycles. The van der Waals surface area contributed by atoms with Crippen molar-refractivity contribution in [3.05, 3.63) is 59.7 Å². The lowest BCUT2D eigenvalue weighted by Crippen LogP contribution is -2.05. The predicted molar refractivity (Wildman–Crippen MR) is 85.6 cm³/mol. The summed E-state index contributed by atoms with van der Waals surface area (Å²) in [5.41, 5.74) is 3.74. The van der Waals surface area contributed by atoms with E-state index in [1.54, 1.807) is 0 Å². The first-order valence-corrected chi connectivity index (χ1v) is 7.31. The molecule has 106 valence electrons. The van der Waals surface area contributed by atoms with Crippen LogP contribution in [0.15, 0.2) is 48.5 Å². The van der Waals surface area contributed by atoms with Crippen molar-refractivity contribution in [2.24, 2.45) is 0 Å². The molecule has 0 bridgehead atoms. The highest BCUT2D eigenvalue weighted by molar-refractivity contribution is 5.58. The van der Waals surface area contributed by atoms with Gasteiger partial charge < -0.3 is 10.1 Å². The van der Waals surface area contributed by atoms with Crippen LogP contribution in [0.3, 0.4) is 0 Å². The van der Waals surface area contributed by atoms with Crippen molar-refractivity contribution in [3.8, 4) is 5.75 Å². The van der Waals surface area contributed by atoms with Crippen LogP contribution in [0.1, 0.15) is 24.5 Å². The van der Waals surface area contributed by atoms with Gasteiger partial charge >= 0.3 is 0 Å². The minimum Gasteiger partial charge on any atom is -0.492 e. The van der Waals surface area contributed by atoms with Gasteiger partial charge in [-0.1, -0.05) is 36.4 Å². The summed E-state index contributed by atoms with van der Waals surface area (Å²) in [7, 11) is 0. The summed E-state index contributed by atoms with van der Waals surface area (Å²) in [6, 6.07) is 16.9. The molecule has 2 rings (SSSR count). The molecule has 0 heterocycles. The van der Waals surface area contributed by atoms with Gasteiger partial charge in [-0.2, -0.15) is 0 Å². The fourth-order valence-electron chi connectivity index (χ4n) is 2.22. The molecular weight excluding hydrogens is 246 g/mol. The van der Waals surface area contributed by atoms with E-state index in [0.717, 1.165) is 30.8 Å². The van der Waals surface area contributed by atoms with Crippen LogP contribution < -0.4 is 10.1 Å². The largest absolute Gasteiger partial charge is 0.492 e. The number of nitrogens with one attached hydrogen (secondary N) is 1. The van der Waals surface area contributed by atoms with Gasteiger partial charge in [-0.05, 0) is 49.9 Å². The predicted octanol–water partition coefficient (Wildman–Crippen LogP) is 4.44. The van der Waals surface area contributed by atoms with E-state index in [0.29, 0.717) is 6.61 Å². The maximum absolute atomic E-state index is 5.64. The summed E-state index contributed by atoms with van der Waals surface area (Å²) in [5.74, 6) is 0.942. The number of benzene rings is 2. The van der Waals surface area contributed by atoms with Gasteiger partial charge in [0.15, 0.2) is 0 Å². The fraction of sp³-hybridized carbons (Fsp3) is 0.333. The van der Waals surface area contributed by atoms with E-state index < -0.39 is 0 Å². The minimum atomic E-state index is 0.696. The van der Waals surface area contributed by atoms with Gasteiger partial charge in [0.05, 0.1) is 12.3 Å². The third-order valence-corrected chi connectivity index (χ3v) is 3.24. The van der Waals surface area contributed by atoms with Crippen molar-refractivity contribution in [2.45, 2.75) is 26.7 Å². The van der Waals surface area contributed by atoms with Gasteiger partial charge in [-0.15, -0.1) is 0 Å². The molecule has 0 radical (unpaired) electrons. The Balaban J connectivity index is 1.85. The highest BCUT2D eigenvalue weighted by Gasteiger charge is 2.03. The molecule has 2 nitrogen and oxygen atoms in total. The SMILES string of the molecule is CCOc1ccc(C)cc1NCCCc1ccccc1. The zero-order valence-corrected chi connectivity index (χ0v) is 12.4. The highest BCUT2D eigenvalue weighted by atomic mass is 16.5. The van der Waals surface area contributed by atoms with E-state index in [1.165, 1.54) is 11.1 Å². The smallest absolute Gasteiger partial charge is 0.142 e. The molecule has 0 aliphatic rings. The third-order valence-electron chi connectivity index (χ3n) is 3.24. The number of aryl methyl sites for hydroxylation is 2. The molecule has 0 saturated heterocycles. The average Bonchev–Trinajstić information content (AvgIpc) is 2.47. The van der Waals surface area contributed by atoms with E-state index in [2.05, 4.69) is 54.7 Å². The molecule has 2 aromatic carbocycles. The molecule has 0 spiro atoms. The number of hydrogen-bond acceptors (Lipinski definition) is 2. The maximum atomic E-state index is 5.64. The second-order valence-electron chi connectivity index (χ2n) is 4.95. The van der Waals surface area contributed by atoms with Crippen molar-refractivity contribution < 1.29 is 4.74 Å². The van der Waals surface area contributed by atoms with Crippen LogP contribution in [-0.2, 0) is 6.42 Å². The molecule has 0 aromatic heterocycles. The summed E-state index contributed by atoms with van der Waals surface area (Å²) in [6.07, 6.45) is 2.22. The maximum Gasteiger partial charge on any atom is 0.142 e. The molecule has 0 unspecified atom stereocenters. The average molecular weight is 269 g/mol. The Labute approximate surface area is 121 Å². The van der Waals surface area contributed by atoms with Crippen LogP contribution in [0.4, 0.5) is 5.69 Å². The topological polar surface area (TPSA) is 21.3 Å². The van der Waals surface area contributed by atoms with Crippen LogP contribution in [0.5, 0.6) is 5.75 Å². The Bertz CT molecular complexity index is 522. The van der Waals surface area contributed by atoms with Crippen molar-refractivity contribution >= 4 is 5.69 Å². The molecule has 2 aromatic rings. The first kappa shape index (κ1) is 14.4. The number of rotatable bonds is 7. The lowest BCUT2D eigenvalue weighted by atomic mass is 10.1. The summed E-state index contributed by atoms with van der Waals surface area (Å²) in [6.45, 7) is 5.77. The lowest BCUT2D eigenvalue weighted by Gasteiger charge is -2.13. The Kier molecular flexibility index (Phi) is 5.48. The fourth-order valence-corrected chi connectivity index (χ4v) is 2.22. The Morgan fingerprint density at radius 3 is 2.60 bits per heavy atom. The third kappa shape index (κ3) is 4.30. The van der Waals surface area contributed by atoms with E-state index in [1.807, 2.05) is 13.0 Å². The zero-order chi connectivity index (χ0) is 14.2. The van der Waals surface area contributed by atoms with E-state index >= 15 is 0 Å². The quantitative estimate of drug-likeness (QED) is 0.750. The molecule has 0 atom stereocenters. The van der Waals surface area contributed by atoms with Crippen molar-refractivity contribution in [1.29, 1.82) is 0 Å². The monoisotopic (exact) mass is 269 g/mol. The van der Waals surface area contributed by atoms with Gasteiger partial charge in [0.25, 0.3) is 0 Å². The van der Waals surface area contributed by atoms with Crippen molar-refractivity contribution in [1.82, 2.24) is 0 Å². The molecule has 20 heavy (non-hydrogen) atoms. The Morgan fingerprint density at radius 1 is 1.05 bits per heavy atom. The van der Waals surface area contributed by atoms with Gasteiger partial charge in [-0.3, -0.25) is 0 Å². The number of anilines is 1. The number of ether oxygens (including phenoxy) is 1. The van der Waals surface area contributed by atoms with Crippen molar-refractivity contribution in [2.75, 3.05) is 18.5 Å². The second-order valence-corrected chi connectivity index (χ2v) is 4.95. The molecule has 0 amide bonds. The summed E-state index contributed by atoms with van der Waals surface area (Å²) in [4.78, 5) is 0. The van der Waals surface area contributed by atoms with Crippen LogP contribution in [-0.4, -0.2) is 13.2 Å². The Morgan fingerprint density at radius 2 is 1.85 bits per heavy atom. The first-order chi connectivity index (χ1) is 9.79. The van der Waals surface area contributed by atoms with Crippen LogP contribution in [0.2, 0.25) is 0 Å². The first-order valence-electron chi connectivity index (χ1n) is 7.31. The molecular formula is C18H23NO. The molecule has 0 aliphatic heterocycles. The highest BCUT2D eigenvalue weighted by Crippen LogP contribution is 2.25. The van der Waals surface area contributed by atoms with Crippen LogP contribution in [0.25, 0.3) is 0 Å². The molecule has 0 fully saturated rings. The van der Waals surface area contributed by atoms with Crippen molar-refractivity contribution in [3.63, 3.8) is 0 Å². The van der Waals surface area contributed by atoms with E-state index in [9.17, 15) is 0 Å². The van der Waals surface area contributed by atoms with Crippen LogP contribution >= 0.6 is 0 Å². The molecule has 0 saturated carbocycles. The van der Waals surface area contributed by atoms with E-state index in [4.69, 9.17) is 4.74 Å². The Hall–Kier alpha value is -1.96. The van der Waals surface area contributed by atoms with Gasteiger partial charge in [0.2, 0.25) is 0 Å². The summed E-state index contributed by atoms with van der Waals surface area (Å²) in [5, 5.41) is 3.48. The van der Waals surface area contributed by atoms with Gasteiger partial charge in [-0.25, -0.2) is 0 Å². The number of hydrogen-bond donors (Lipinski definition) is 1. The van der Waals surface area contributed by atoms with E-state index in [-0.39, 0.29) is 0 Å². The van der Waals surface area contributed by atoms with Crippen LogP contribution in [0, 0.1) is 6.92 Å². The van der Waals surface area contributed by atoms with Gasteiger partial charge in [0.1, 0.15) is 5.75 Å². The lowest BCUT2D eigenvalue weighted by molar-refractivity contribution is 0.341. The standard InChI is InChI=1S/C18H23NO/c1-3-20-18-12-11-15(2)14-17(18)19-13-7-10-16-8-5-4-6-9-16/h4-6,8-9,11-12,14,19H,3,7,10,13H2,1-2H3. The van der Waals surface area contributed by atoms with Gasteiger partial charge in [0, 0.05) is 6.54 Å². The zero-order valence-electron chi connectivity index (χ0n) is 12.4. The molecule has 1 N–H and O–H groups in total. The second kappa shape index (κ2) is 7.59. The summed E-state index contributed by atoms with van der Waals surface area (Å²) < 4.78 is 5.64. The normalized spacial score (nSPS) is 10.3. The molecule has 2 heteroatoms.